The van der Waals surface area contributed by atoms with Crippen molar-refractivity contribution >= 4 is 27.4 Å². The van der Waals surface area contributed by atoms with Gasteiger partial charge in [0.25, 0.3) is 5.91 Å². The van der Waals surface area contributed by atoms with Crippen LogP contribution in [0.15, 0.2) is 47.4 Å². The molecule has 2 aromatic carbocycles. The van der Waals surface area contributed by atoms with Crippen molar-refractivity contribution in [2.75, 3.05) is 18.2 Å². The maximum Gasteiger partial charge on any atom is 0.340 e. The van der Waals surface area contributed by atoms with Crippen molar-refractivity contribution in [2.45, 2.75) is 31.8 Å². The Kier molecular flexibility index (Phi) is 6.80. The number of carbonyl (C=O) groups excluding carboxylic acids is 2. The van der Waals surface area contributed by atoms with Gasteiger partial charge in [0.2, 0.25) is 0 Å². The molecule has 0 aliphatic heterocycles. The lowest BCUT2D eigenvalue weighted by atomic mass is 10.2. The summed E-state index contributed by atoms with van der Waals surface area (Å²) in [5.41, 5.74) is 1.26. The zero-order valence-electron chi connectivity index (χ0n) is 16.2. The van der Waals surface area contributed by atoms with Gasteiger partial charge >= 0.3 is 5.97 Å². The highest BCUT2D eigenvalue weighted by Crippen LogP contribution is 2.25. The van der Waals surface area contributed by atoms with Crippen LogP contribution < -0.4 is 10.1 Å². The largest absolute Gasteiger partial charge is 0.495 e. The number of hydrogen-bond donors (Lipinski definition) is 1. The highest BCUT2D eigenvalue weighted by molar-refractivity contribution is 7.91. The second kappa shape index (κ2) is 8.88. The van der Waals surface area contributed by atoms with Gasteiger partial charge in [-0.15, -0.1) is 0 Å². The maximum absolute atomic E-state index is 12.5. The Labute approximate surface area is 164 Å². The van der Waals surface area contributed by atoms with Crippen LogP contribution in [0.2, 0.25) is 0 Å². The Balaban J connectivity index is 2.18. The highest BCUT2D eigenvalue weighted by Gasteiger charge is 2.25. The fourth-order valence-corrected chi connectivity index (χ4v) is 3.58. The molecule has 0 heterocycles. The van der Waals surface area contributed by atoms with Crippen LogP contribution in [0.1, 0.15) is 29.8 Å². The molecule has 0 aliphatic rings. The van der Waals surface area contributed by atoms with E-state index in [0.29, 0.717) is 11.4 Å². The third-order valence-electron chi connectivity index (χ3n) is 4.09. The lowest BCUT2D eigenvalue weighted by molar-refractivity contribution is -0.123. The number of carbonyl (C=O) groups is 2. The lowest BCUT2D eigenvalue weighted by Gasteiger charge is -2.16. The van der Waals surface area contributed by atoms with Crippen molar-refractivity contribution in [3.05, 3.63) is 53.6 Å². The van der Waals surface area contributed by atoms with Gasteiger partial charge in [0, 0.05) is 0 Å². The monoisotopic (exact) mass is 405 g/mol. The van der Waals surface area contributed by atoms with Gasteiger partial charge in [-0.1, -0.05) is 25.1 Å². The average Bonchev–Trinajstić information content (AvgIpc) is 2.68. The fraction of sp³-hybridized carbons (Fsp3) is 0.300. The van der Waals surface area contributed by atoms with Gasteiger partial charge in [-0.2, -0.15) is 0 Å². The van der Waals surface area contributed by atoms with E-state index in [-0.39, 0.29) is 16.2 Å². The van der Waals surface area contributed by atoms with E-state index in [9.17, 15) is 18.0 Å². The normalized spacial score (nSPS) is 12.1. The molecule has 1 amide bonds. The zero-order chi connectivity index (χ0) is 20.9. The summed E-state index contributed by atoms with van der Waals surface area (Å²) in [6.07, 6.45) is -1.14. The first kappa shape index (κ1) is 21.4. The van der Waals surface area contributed by atoms with Gasteiger partial charge in [0.05, 0.1) is 29.0 Å². The van der Waals surface area contributed by atoms with Crippen molar-refractivity contribution in [2.24, 2.45) is 0 Å². The van der Waals surface area contributed by atoms with E-state index in [1.807, 2.05) is 13.0 Å². The number of rotatable bonds is 7. The molecule has 1 N–H and O–H groups in total. The summed E-state index contributed by atoms with van der Waals surface area (Å²) >= 11 is 0. The number of nitrogens with one attached hydrogen (secondary N) is 1. The van der Waals surface area contributed by atoms with E-state index in [0.717, 1.165) is 5.56 Å². The molecule has 0 fully saturated rings. The summed E-state index contributed by atoms with van der Waals surface area (Å²) in [5, 5.41) is 2.66. The Morgan fingerprint density at radius 2 is 1.82 bits per heavy atom. The number of esters is 1. The second-order valence-electron chi connectivity index (χ2n) is 6.14. The minimum absolute atomic E-state index is 0.0999. The molecular weight excluding hydrogens is 382 g/mol. The molecule has 0 saturated heterocycles. The maximum atomic E-state index is 12.5. The van der Waals surface area contributed by atoms with E-state index in [1.54, 1.807) is 12.1 Å². The first-order valence-electron chi connectivity index (χ1n) is 8.68. The van der Waals surface area contributed by atoms with Gasteiger partial charge < -0.3 is 14.8 Å². The van der Waals surface area contributed by atoms with Crippen LogP contribution in [-0.2, 0) is 19.4 Å². The first-order valence-corrected chi connectivity index (χ1v) is 10.3. The van der Waals surface area contributed by atoms with Crippen molar-refractivity contribution in [1.29, 1.82) is 0 Å². The summed E-state index contributed by atoms with van der Waals surface area (Å²) in [4.78, 5) is 24.8. The fourth-order valence-electron chi connectivity index (χ4n) is 2.49. The summed E-state index contributed by atoms with van der Waals surface area (Å²) in [7, 11) is -2.13. The smallest absolute Gasteiger partial charge is 0.340 e. The van der Waals surface area contributed by atoms with Crippen LogP contribution in [0.25, 0.3) is 0 Å². The number of aryl methyl sites for hydroxylation is 1. The highest BCUT2D eigenvalue weighted by atomic mass is 32.2. The van der Waals surface area contributed by atoms with Crippen LogP contribution in [0.3, 0.4) is 0 Å². The predicted molar refractivity (Wildman–Crippen MR) is 105 cm³/mol. The molecule has 2 rings (SSSR count). The van der Waals surface area contributed by atoms with Crippen molar-refractivity contribution in [3.8, 4) is 5.75 Å². The number of benzene rings is 2. The molecule has 0 aromatic heterocycles. The molecular formula is C20H23NO6S. The van der Waals surface area contributed by atoms with E-state index < -0.39 is 27.8 Å². The molecule has 0 radical (unpaired) electrons. The van der Waals surface area contributed by atoms with E-state index in [4.69, 9.17) is 9.47 Å². The molecule has 28 heavy (non-hydrogen) atoms. The Morgan fingerprint density at radius 3 is 2.46 bits per heavy atom. The number of anilines is 1. The van der Waals surface area contributed by atoms with Gasteiger partial charge in [0.15, 0.2) is 15.9 Å². The second-order valence-corrected chi connectivity index (χ2v) is 8.39. The summed E-state index contributed by atoms with van der Waals surface area (Å²) in [6, 6.07) is 11.1. The Bertz CT molecular complexity index is 984. The summed E-state index contributed by atoms with van der Waals surface area (Å²) in [5.74, 6) is -1.13. The van der Waals surface area contributed by atoms with Gasteiger partial charge in [-0.25, -0.2) is 13.2 Å². The molecule has 0 aliphatic carbocycles. The summed E-state index contributed by atoms with van der Waals surface area (Å²) < 4.78 is 34.8. The molecule has 0 saturated carbocycles. The van der Waals surface area contributed by atoms with E-state index in [2.05, 4.69) is 5.32 Å². The number of hydrogen-bond acceptors (Lipinski definition) is 6. The van der Waals surface area contributed by atoms with Gasteiger partial charge in [-0.05, 0) is 43.7 Å². The Morgan fingerprint density at radius 1 is 1.14 bits per heavy atom. The SMILES string of the molecule is CCS(=O)(=O)c1ccccc1C(=O)O[C@@H](C)C(=O)Nc1cc(C)ccc1OC. The first-order chi connectivity index (χ1) is 13.2. The molecule has 0 spiro atoms. The third-order valence-corrected chi connectivity index (χ3v) is 5.87. The van der Waals surface area contributed by atoms with E-state index >= 15 is 0 Å². The predicted octanol–water partition coefficient (Wildman–Crippen LogP) is 2.98. The molecule has 1 atom stereocenters. The van der Waals surface area contributed by atoms with Crippen LogP contribution >= 0.6 is 0 Å². The molecule has 2 aromatic rings. The molecule has 0 unspecified atom stereocenters. The molecule has 8 heteroatoms. The third kappa shape index (κ3) is 4.89. The van der Waals surface area contributed by atoms with E-state index in [1.165, 1.54) is 45.2 Å². The molecule has 0 bridgehead atoms. The molecule has 7 nitrogen and oxygen atoms in total. The van der Waals surface area contributed by atoms with Crippen molar-refractivity contribution in [1.82, 2.24) is 0 Å². The molecule has 150 valence electrons. The summed E-state index contributed by atoms with van der Waals surface area (Å²) in [6.45, 7) is 4.76. The van der Waals surface area contributed by atoms with Crippen molar-refractivity contribution in [3.63, 3.8) is 0 Å². The minimum Gasteiger partial charge on any atom is -0.495 e. The van der Waals surface area contributed by atoms with Gasteiger partial charge in [-0.3, -0.25) is 4.79 Å². The lowest BCUT2D eigenvalue weighted by Crippen LogP contribution is -2.30. The van der Waals surface area contributed by atoms with Crippen molar-refractivity contribution < 1.29 is 27.5 Å². The quantitative estimate of drug-likeness (QED) is 0.711. The standard InChI is InChI=1S/C20H23NO6S/c1-5-28(24,25)18-9-7-6-8-15(18)20(23)27-14(3)19(22)21-16-12-13(2)10-11-17(16)26-4/h6-12,14H,5H2,1-4H3,(H,21,22)/t14-/m0/s1. The van der Waals surface area contributed by atoms with Crippen LogP contribution in [-0.4, -0.2) is 39.3 Å². The van der Waals surface area contributed by atoms with Crippen LogP contribution in [0.4, 0.5) is 5.69 Å². The number of sulfone groups is 1. The Hall–Kier alpha value is -2.87. The zero-order valence-corrected chi connectivity index (χ0v) is 17.0. The average molecular weight is 405 g/mol. The number of amides is 1. The van der Waals surface area contributed by atoms with Crippen LogP contribution in [0, 0.1) is 6.92 Å². The number of methoxy groups -OCH3 is 1. The number of ether oxygens (including phenoxy) is 2. The topological polar surface area (TPSA) is 98.8 Å². The minimum atomic E-state index is -3.61. The van der Waals surface area contributed by atoms with Gasteiger partial charge in [0.1, 0.15) is 5.75 Å². The van der Waals surface area contributed by atoms with Crippen LogP contribution in [0.5, 0.6) is 5.75 Å².